The fourth-order valence-electron chi connectivity index (χ4n) is 2.99. The molecule has 1 unspecified atom stereocenters. The maximum absolute atomic E-state index is 15.0. The molecule has 3 aromatic rings. The average Bonchev–Trinajstić information content (AvgIpc) is 2.76. The lowest BCUT2D eigenvalue weighted by molar-refractivity contribution is -0.120. The number of hydrogen-bond acceptors (Lipinski definition) is 6. The number of hydrogen-bond donors (Lipinski definition) is 1. The number of nitrogens with two attached hydrogens (primary N) is 1. The van der Waals surface area contributed by atoms with Crippen molar-refractivity contribution in [3.63, 3.8) is 0 Å². The van der Waals surface area contributed by atoms with E-state index < -0.39 is 17.7 Å². The molecule has 0 aliphatic heterocycles. The van der Waals surface area contributed by atoms with E-state index in [9.17, 15) is 9.18 Å². The molecule has 1 heterocycles. The van der Waals surface area contributed by atoms with Crippen LogP contribution in [-0.4, -0.2) is 28.6 Å². The Morgan fingerprint density at radius 3 is 2.63 bits per heavy atom. The molecular weight excluding hydrogens is 394 g/mol. The van der Waals surface area contributed by atoms with E-state index in [1.165, 1.54) is 42.5 Å². The van der Waals surface area contributed by atoms with Crippen molar-refractivity contribution >= 4 is 12.1 Å². The zero-order chi connectivity index (χ0) is 21.7. The molecule has 2 N–H and O–H groups in total. The number of halogens is 2. The third-order valence-corrected chi connectivity index (χ3v) is 4.60. The van der Waals surface area contributed by atoms with Crippen molar-refractivity contribution in [1.82, 2.24) is 15.1 Å². The van der Waals surface area contributed by atoms with E-state index in [0.717, 1.165) is 0 Å². The minimum absolute atomic E-state index is 0.0138. The van der Waals surface area contributed by atoms with Crippen molar-refractivity contribution in [3.05, 3.63) is 71.4 Å². The van der Waals surface area contributed by atoms with Crippen LogP contribution in [0, 0.1) is 11.6 Å². The first-order valence-electron chi connectivity index (χ1n) is 9.02. The molecule has 2 aromatic carbocycles. The second kappa shape index (κ2) is 9.17. The molecule has 0 saturated heterocycles. The normalized spacial score (nSPS) is 11.6. The SMILES string of the molecule is COc1c(C(C)N(C=O)Cc2cccc(N)c2F)ccc(Oc2cccnn2)c1F. The van der Waals surface area contributed by atoms with Gasteiger partial charge in [0.1, 0.15) is 0 Å². The zero-order valence-electron chi connectivity index (χ0n) is 16.4. The number of nitrogen functional groups attached to an aromatic ring is 1. The minimum atomic E-state index is -0.756. The number of carbonyl (C=O) groups excluding carboxylic acids is 1. The highest BCUT2D eigenvalue weighted by Gasteiger charge is 2.24. The highest BCUT2D eigenvalue weighted by Crippen LogP contribution is 2.37. The van der Waals surface area contributed by atoms with Crippen molar-refractivity contribution in [2.75, 3.05) is 12.8 Å². The van der Waals surface area contributed by atoms with Crippen LogP contribution in [0.25, 0.3) is 0 Å². The number of benzene rings is 2. The minimum Gasteiger partial charge on any atom is -0.493 e. The first-order chi connectivity index (χ1) is 14.5. The van der Waals surface area contributed by atoms with E-state index in [1.807, 2.05) is 0 Å². The van der Waals surface area contributed by atoms with Crippen LogP contribution in [0.2, 0.25) is 0 Å². The molecule has 1 aromatic heterocycles. The third kappa shape index (κ3) is 4.29. The van der Waals surface area contributed by atoms with E-state index in [0.29, 0.717) is 12.0 Å². The second-order valence-corrected chi connectivity index (χ2v) is 6.44. The van der Waals surface area contributed by atoms with Gasteiger partial charge in [0, 0.05) is 29.9 Å². The lowest BCUT2D eigenvalue weighted by Gasteiger charge is -2.27. The van der Waals surface area contributed by atoms with Gasteiger partial charge in [0.25, 0.3) is 0 Å². The first-order valence-corrected chi connectivity index (χ1v) is 9.02. The molecule has 0 aliphatic carbocycles. The van der Waals surface area contributed by atoms with Gasteiger partial charge in [-0.3, -0.25) is 4.79 Å². The van der Waals surface area contributed by atoms with E-state index in [1.54, 1.807) is 25.1 Å². The lowest BCUT2D eigenvalue weighted by Crippen LogP contribution is -2.26. The summed E-state index contributed by atoms with van der Waals surface area (Å²) in [6, 6.07) is 10.0. The summed E-state index contributed by atoms with van der Waals surface area (Å²) in [5, 5.41) is 7.42. The summed E-state index contributed by atoms with van der Waals surface area (Å²) >= 11 is 0. The summed E-state index contributed by atoms with van der Waals surface area (Å²) in [6.45, 7) is 1.63. The summed E-state index contributed by atoms with van der Waals surface area (Å²) in [4.78, 5) is 13.0. The molecule has 0 fully saturated rings. The highest BCUT2D eigenvalue weighted by molar-refractivity contribution is 5.53. The van der Waals surface area contributed by atoms with E-state index in [4.69, 9.17) is 15.2 Å². The lowest BCUT2D eigenvalue weighted by atomic mass is 10.0. The number of amides is 1. The monoisotopic (exact) mass is 414 g/mol. The summed E-state index contributed by atoms with van der Waals surface area (Å²) in [5.74, 6) is -1.44. The molecule has 7 nitrogen and oxygen atoms in total. The number of nitrogens with zero attached hydrogens (tertiary/aromatic N) is 3. The summed E-state index contributed by atoms with van der Waals surface area (Å²) in [6.07, 6.45) is 2.03. The number of rotatable bonds is 8. The molecule has 9 heteroatoms. The Morgan fingerprint density at radius 1 is 1.17 bits per heavy atom. The van der Waals surface area contributed by atoms with Gasteiger partial charge >= 0.3 is 0 Å². The van der Waals surface area contributed by atoms with E-state index in [-0.39, 0.29) is 35.2 Å². The average molecular weight is 414 g/mol. The maximum atomic E-state index is 15.0. The van der Waals surface area contributed by atoms with E-state index >= 15 is 4.39 Å². The molecule has 0 aliphatic rings. The van der Waals surface area contributed by atoms with Gasteiger partial charge in [-0.15, -0.1) is 5.10 Å². The Hall–Kier alpha value is -3.75. The van der Waals surface area contributed by atoms with Gasteiger partial charge in [-0.05, 0) is 31.2 Å². The number of ether oxygens (including phenoxy) is 2. The fourth-order valence-corrected chi connectivity index (χ4v) is 2.99. The predicted molar refractivity (Wildman–Crippen MR) is 106 cm³/mol. The molecule has 0 saturated carbocycles. The Morgan fingerprint density at radius 2 is 1.97 bits per heavy atom. The Balaban J connectivity index is 1.90. The van der Waals surface area contributed by atoms with Gasteiger partial charge in [-0.1, -0.05) is 12.1 Å². The Bertz CT molecular complexity index is 1030. The largest absolute Gasteiger partial charge is 0.493 e. The summed E-state index contributed by atoms with van der Waals surface area (Å²) < 4.78 is 39.9. The van der Waals surface area contributed by atoms with Gasteiger partial charge in [-0.25, -0.2) is 4.39 Å². The van der Waals surface area contributed by atoms with Crippen LogP contribution in [0.1, 0.15) is 24.1 Å². The quantitative estimate of drug-likeness (QED) is 0.445. The van der Waals surface area contributed by atoms with Gasteiger partial charge in [-0.2, -0.15) is 9.49 Å². The summed E-state index contributed by atoms with van der Waals surface area (Å²) in [7, 11) is 1.31. The van der Waals surface area contributed by atoms with Crippen molar-refractivity contribution in [3.8, 4) is 17.4 Å². The second-order valence-electron chi connectivity index (χ2n) is 6.44. The molecule has 30 heavy (non-hydrogen) atoms. The number of aromatic nitrogens is 2. The standard InChI is InChI=1S/C21H20F2N4O3/c1-13(27(12-28)11-14-5-3-6-16(24)19(14)22)15-8-9-17(20(23)21(15)29-2)30-18-7-4-10-25-26-18/h3-10,12-13H,11,24H2,1-2H3. The number of methoxy groups -OCH3 is 1. The van der Waals surface area contributed by atoms with E-state index in [2.05, 4.69) is 10.2 Å². The van der Waals surface area contributed by atoms with Gasteiger partial charge in [0.05, 0.1) is 18.8 Å². The molecule has 156 valence electrons. The molecule has 0 bridgehead atoms. The Kier molecular flexibility index (Phi) is 6.41. The van der Waals surface area contributed by atoms with Crippen LogP contribution in [0.4, 0.5) is 14.5 Å². The zero-order valence-corrected chi connectivity index (χ0v) is 16.4. The van der Waals surface area contributed by atoms with Gasteiger partial charge in [0.15, 0.2) is 17.3 Å². The van der Waals surface area contributed by atoms with Crippen LogP contribution in [0.15, 0.2) is 48.7 Å². The topological polar surface area (TPSA) is 90.6 Å². The fraction of sp³-hybridized carbons (Fsp3) is 0.190. The van der Waals surface area contributed by atoms with Crippen LogP contribution in [0.5, 0.6) is 17.4 Å². The van der Waals surface area contributed by atoms with Crippen molar-refractivity contribution in [2.24, 2.45) is 0 Å². The maximum Gasteiger partial charge on any atom is 0.238 e. The molecule has 1 atom stereocenters. The van der Waals surface area contributed by atoms with Gasteiger partial charge < -0.3 is 20.1 Å². The molecule has 0 spiro atoms. The van der Waals surface area contributed by atoms with Crippen LogP contribution in [0.3, 0.4) is 0 Å². The van der Waals surface area contributed by atoms with Crippen LogP contribution in [-0.2, 0) is 11.3 Å². The molecule has 0 radical (unpaired) electrons. The van der Waals surface area contributed by atoms with Crippen molar-refractivity contribution in [2.45, 2.75) is 19.5 Å². The summed E-state index contributed by atoms with van der Waals surface area (Å²) in [5.41, 5.74) is 6.22. The van der Waals surface area contributed by atoms with Gasteiger partial charge in [0.2, 0.25) is 18.1 Å². The first kappa shape index (κ1) is 21.0. The smallest absolute Gasteiger partial charge is 0.238 e. The van der Waals surface area contributed by atoms with Crippen LogP contribution < -0.4 is 15.2 Å². The third-order valence-electron chi connectivity index (χ3n) is 4.60. The Labute approximate surface area is 172 Å². The number of anilines is 1. The molecule has 1 amide bonds. The van der Waals surface area contributed by atoms with Crippen molar-refractivity contribution < 1.29 is 23.0 Å². The van der Waals surface area contributed by atoms with Crippen molar-refractivity contribution in [1.29, 1.82) is 0 Å². The van der Waals surface area contributed by atoms with Crippen LogP contribution >= 0.6 is 0 Å². The highest BCUT2D eigenvalue weighted by atomic mass is 19.1. The predicted octanol–water partition coefficient (Wildman–Crippen LogP) is 3.86. The number of carbonyl (C=O) groups is 1. The molecular formula is C21H20F2N4O3. The molecule has 3 rings (SSSR count).